The van der Waals surface area contributed by atoms with Gasteiger partial charge >= 0.3 is 6.03 Å². The second kappa shape index (κ2) is 5.10. The molecular formula is C3H8IN3O. The van der Waals surface area contributed by atoms with Gasteiger partial charge in [-0.05, 0) is 0 Å². The third kappa shape index (κ3) is 5.96. The molecule has 0 aliphatic heterocycles. The lowest BCUT2D eigenvalue weighted by Gasteiger charge is -1.96. The van der Waals surface area contributed by atoms with Crippen LogP contribution >= 0.6 is 22.9 Å². The number of nitrogens with one attached hydrogen (secondary N) is 2. The second-order valence-corrected chi connectivity index (χ2v) is 1.94. The maximum atomic E-state index is 9.96. The molecule has 5 heteroatoms. The first kappa shape index (κ1) is 7.96. The molecule has 0 radical (unpaired) electrons. The lowest BCUT2D eigenvalue weighted by atomic mass is 10.6. The third-order valence-corrected chi connectivity index (χ3v) is 1.06. The van der Waals surface area contributed by atoms with E-state index in [-0.39, 0.29) is 0 Å². The van der Waals surface area contributed by atoms with E-state index in [1.165, 1.54) is 0 Å². The maximum absolute atomic E-state index is 9.96. The minimum absolute atomic E-state index is 0.475. The van der Waals surface area contributed by atoms with Crippen LogP contribution in [0.4, 0.5) is 4.79 Å². The van der Waals surface area contributed by atoms with E-state index < -0.39 is 6.03 Å². The highest BCUT2D eigenvalue weighted by molar-refractivity contribution is 14.1. The van der Waals surface area contributed by atoms with Crippen molar-refractivity contribution < 1.29 is 4.79 Å². The maximum Gasteiger partial charge on any atom is 0.312 e. The molecule has 0 heterocycles. The number of urea groups is 1. The van der Waals surface area contributed by atoms with Gasteiger partial charge in [-0.1, -0.05) is 0 Å². The van der Waals surface area contributed by atoms with Gasteiger partial charge in [-0.15, -0.1) is 0 Å². The van der Waals surface area contributed by atoms with Gasteiger partial charge in [-0.25, -0.2) is 4.79 Å². The minimum atomic E-state index is -0.475. The molecule has 0 aromatic rings. The second-order valence-electron chi connectivity index (χ2n) is 1.17. The molecule has 8 heavy (non-hydrogen) atoms. The van der Waals surface area contributed by atoms with Crippen molar-refractivity contribution >= 4 is 28.9 Å². The number of halogens is 1. The Morgan fingerprint density at radius 1 is 1.62 bits per heavy atom. The van der Waals surface area contributed by atoms with Crippen LogP contribution in [0.15, 0.2) is 0 Å². The van der Waals surface area contributed by atoms with Crippen molar-refractivity contribution in [1.82, 2.24) is 8.85 Å². The molecule has 0 rings (SSSR count). The smallest absolute Gasteiger partial charge is 0.312 e. The van der Waals surface area contributed by atoms with Gasteiger partial charge in [0.1, 0.15) is 0 Å². The van der Waals surface area contributed by atoms with Gasteiger partial charge in [-0.3, -0.25) is 3.53 Å². The molecule has 0 aliphatic rings. The van der Waals surface area contributed by atoms with Crippen molar-refractivity contribution in [3.63, 3.8) is 0 Å². The van der Waals surface area contributed by atoms with E-state index in [2.05, 4.69) is 8.85 Å². The monoisotopic (exact) mass is 229 g/mol. The quantitative estimate of drug-likeness (QED) is 0.350. The average molecular weight is 229 g/mol. The first-order valence-electron chi connectivity index (χ1n) is 2.14. The molecule has 0 saturated heterocycles. The summed E-state index contributed by atoms with van der Waals surface area (Å²) in [6, 6.07) is -0.475. The highest BCUT2D eigenvalue weighted by Crippen LogP contribution is 1.64. The zero-order valence-corrected chi connectivity index (χ0v) is 6.44. The largest absolute Gasteiger partial charge is 0.352 e. The topological polar surface area (TPSA) is 67.2 Å². The van der Waals surface area contributed by atoms with Gasteiger partial charge in [-0.2, -0.15) is 0 Å². The SMILES string of the molecule is NC(=O)NCCNI. The lowest BCUT2D eigenvalue weighted by molar-refractivity contribution is 0.249. The Bertz CT molecular complexity index is 76.9. The molecule has 48 valence electrons. The molecule has 0 spiro atoms. The minimum Gasteiger partial charge on any atom is -0.352 e. The molecule has 0 atom stereocenters. The average Bonchev–Trinajstić information content (AvgIpc) is 1.66. The first-order valence-corrected chi connectivity index (χ1v) is 3.22. The number of carbonyl (C=O) groups is 1. The van der Waals surface area contributed by atoms with E-state index in [0.717, 1.165) is 6.54 Å². The molecular weight excluding hydrogens is 221 g/mol. The van der Waals surface area contributed by atoms with Crippen molar-refractivity contribution in [1.29, 1.82) is 0 Å². The Kier molecular flexibility index (Phi) is 5.08. The standard InChI is InChI=1S/C3H8IN3O/c4-7-2-1-6-3(5)8/h7H,1-2H2,(H3,5,6,8). The number of carbonyl (C=O) groups excluding carboxylic acids is 1. The van der Waals surface area contributed by atoms with Crippen molar-refractivity contribution in [2.24, 2.45) is 5.73 Å². The van der Waals surface area contributed by atoms with Crippen molar-refractivity contribution in [3.8, 4) is 0 Å². The van der Waals surface area contributed by atoms with E-state index in [1.54, 1.807) is 0 Å². The van der Waals surface area contributed by atoms with Crippen LogP contribution in [0.3, 0.4) is 0 Å². The van der Waals surface area contributed by atoms with Crippen molar-refractivity contribution in [2.45, 2.75) is 0 Å². The highest BCUT2D eigenvalue weighted by Gasteiger charge is 1.86. The van der Waals surface area contributed by atoms with Crippen LogP contribution in [0, 0.1) is 0 Å². The van der Waals surface area contributed by atoms with E-state index in [1.807, 2.05) is 22.9 Å². The normalized spacial score (nSPS) is 8.62. The summed E-state index contributed by atoms with van der Waals surface area (Å²) in [6.07, 6.45) is 0. The number of hydrogen-bond acceptors (Lipinski definition) is 2. The number of hydrogen-bond donors (Lipinski definition) is 3. The summed E-state index contributed by atoms with van der Waals surface area (Å²) in [7, 11) is 0. The van der Waals surface area contributed by atoms with Crippen LogP contribution in [-0.4, -0.2) is 19.1 Å². The first-order chi connectivity index (χ1) is 3.77. The van der Waals surface area contributed by atoms with Crippen LogP contribution in [0.2, 0.25) is 0 Å². The summed E-state index contributed by atoms with van der Waals surface area (Å²) in [4.78, 5) is 9.96. The molecule has 0 saturated carbocycles. The fourth-order valence-electron chi connectivity index (χ4n) is 0.233. The molecule has 2 amide bonds. The third-order valence-electron chi connectivity index (χ3n) is 0.519. The molecule has 0 aliphatic carbocycles. The van der Waals surface area contributed by atoms with E-state index >= 15 is 0 Å². The van der Waals surface area contributed by atoms with Crippen molar-refractivity contribution in [2.75, 3.05) is 13.1 Å². The molecule has 4 N–H and O–H groups in total. The van der Waals surface area contributed by atoms with Gasteiger partial charge < -0.3 is 11.1 Å². The van der Waals surface area contributed by atoms with Crippen LogP contribution in [0.5, 0.6) is 0 Å². The summed E-state index contributed by atoms with van der Waals surface area (Å²) in [6.45, 7) is 1.32. The summed E-state index contributed by atoms with van der Waals surface area (Å²) in [5.41, 5.74) is 4.75. The molecule has 0 fully saturated rings. The zero-order valence-electron chi connectivity index (χ0n) is 4.28. The number of primary amides is 1. The zero-order chi connectivity index (χ0) is 6.41. The summed E-state index contributed by atoms with van der Waals surface area (Å²) in [5.74, 6) is 0. The lowest BCUT2D eigenvalue weighted by Crippen LogP contribution is -2.33. The molecule has 0 unspecified atom stereocenters. The van der Waals surface area contributed by atoms with Crippen LogP contribution in [-0.2, 0) is 0 Å². The Morgan fingerprint density at radius 3 is 2.62 bits per heavy atom. The Morgan fingerprint density at radius 2 is 2.25 bits per heavy atom. The fraction of sp³-hybridized carbons (Fsp3) is 0.667. The molecule has 0 bridgehead atoms. The fourth-order valence-corrected chi connectivity index (χ4v) is 0.503. The van der Waals surface area contributed by atoms with Crippen LogP contribution in [0.25, 0.3) is 0 Å². The Hall–Kier alpha value is -0.0400. The van der Waals surface area contributed by atoms with Gasteiger partial charge in [0, 0.05) is 36.0 Å². The van der Waals surface area contributed by atoms with Crippen LogP contribution in [0.1, 0.15) is 0 Å². The summed E-state index contributed by atoms with van der Waals surface area (Å²) < 4.78 is 2.82. The highest BCUT2D eigenvalue weighted by atomic mass is 127. The molecule has 0 aromatic carbocycles. The Labute approximate surface area is 61.7 Å². The predicted octanol–water partition coefficient (Wildman–Crippen LogP) is -0.406. The molecule has 4 nitrogen and oxygen atoms in total. The van der Waals surface area contributed by atoms with Crippen molar-refractivity contribution in [3.05, 3.63) is 0 Å². The molecule has 0 aromatic heterocycles. The Balaban J connectivity index is 2.82. The van der Waals surface area contributed by atoms with E-state index in [4.69, 9.17) is 5.73 Å². The number of nitrogens with two attached hydrogens (primary N) is 1. The van der Waals surface area contributed by atoms with Crippen LogP contribution < -0.4 is 14.6 Å². The van der Waals surface area contributed by atoms with Gasteiger partial charge in [0.25, 0.3) is 0 Å². The number of rotatable bonds is 3. The van der Waals surface area contributed by atoms with Gasteiger partial charge in [0.15, 0.2) is 0 Å². The predicted molar refractivity (Wildman–Crippen MR) is 39.6 cm³/mol. The van der Waals surface area contributed by atoms with E-state index in [0.29, 0.717) is 6.54 Å². The van der Waals surface area contributed by atoms with E-state index in [9.17, 15) is 4.79 Å². The summed E-state index contributed by atoms with van der Waals surface area (Å²) >= 11 is 1.99. The van der Waals surface area contributed by atoms with Gasteiger partial charge in [0.2, 0.25) is 0 Å². The summed E-state index contributed by atoms with van der Waals surface area (Å²) in [5, 5.41) is 2.42. The van der Waals surface area contributed by atoms with Gasteiger partial charge in [0.05, 0.1) is 0 Å². The number of amides is 2.